The molecule has 0 saturated carbocycles. The van der Waals surface area contributed by atoms with Crippen LogP contribution < -0.4 is 16.1 Å². The fraction of sp³-hybridized carbons (Fsp3) is 0.567. The third-order valence-corrected chi connectivity index (χ3v) is 7.87. The number of pyridine rings is 1. The lowest BCUT2D eigenvalue weighted by Crippen LogP contribution is -2.61. The van der Waals surface area contributed by atoms with Crippen LogP contribution in [0, 0.1) is 11.3 Å². The first kappa shape index (κ1) is 29.5. The topological polar surface area (TPSA) is 130 Å². The molecule has 216 valence electrons. The van der Waals surface area contributed by atoms with E-state index in [9.17, 15) is 19.2 Å². The predicted molar refractivity (Wildman–Crippen MR) is 151 cm³/mol. The molecule has 2 aliphatic rings. The number of rotatable bonds is 1. The highest BCUT2D eigenvalue weighted by Crippen LogP contribution is 2.27. The van der Waals surface area contributed by atoms with Crippen LogP contribution in [0.25, 0.3) is 10.8 Å². The number of carbonyl (C=O) groups is 4. The molecular weight excluding hydrogens is 510 g/mol. The number of aromatic nitrogens is 1. The minimum absolute atomic E-state index is 0.193. The first-order valence-corrected chi connectivity index (χ1v) is 14.1. The van der Waals surface area contributed by atoms with Crippen LogP contribution in [0.3, 0.4) is 0 Å². The van der Waals surface area contributed by atoms with Crippen molar-refractivity contribution in [3.63, 3.8) is 0 Å². The number of esters is 1. The summed E-state index contributed by atoms with van der Waals surface area (Å²) in [5, 5.41) is 8.99. The van der Waals surface area contributed by atoms with Crippen molar-refractivity contribution in [1.82, 2.24) is 26.1 Å². The molecule has 2 aromatic rings. The van der Waals surface area contributed by atoms with Gasteiger partial charge in [-0.05, 0) is 62.5 Å². The van der Waals surface area contributed by atoms with Gasteiger partial charge in [0.15, 0.2) is 0 Å². The van der Waals surface area contributed by atoms with Crippen molar-refractivity contribution in [2.24, 2.45) is 11.3 Å². The van der Waals surface area contributed by atoms with E-state index in [1.54, 1.807) is 20.0 Å². The Morgan fingerprint density at radius 3 is 2.52 bits per heavy atom. The van der Waals surface area contributed by atoms with Gasteiger partial charge in [-0.2, -0.15) is 0 Å². The van der Waals surface area contributed by atoms with E-state index >= 15 is 0 Å². The maximum absolute atomic E-state index is 13.3. The Bertz CT molecular complexity index is 1290. The van der Waals surface area contributed by atoms with Crippen LogP contribution in [-0.2, 0) is 30.3 Å². The lowest BCUT2D eigenvalue weighted by molar-refractivity contribution is -0.157. The monoisotopic (exact) mass is 551 g/mol. The van der Waals surface area contributed by atoms with E-state index in [0.717, 1.165) is 16.3 Å². The molecule has 40 heavy (non-hydrogen) atoms. The first-order chi connectivity index (χ1) is 18.9. The zero-order valence-electron chi connectivity index (χ0n) is 24.2. The number of fused-ring (bicyclic) bond motifs is 4. The Balaban J connectivity index is 1.66. The summed E-state index contributed by atoms with van der Waals surface area (Å²) in [6, 6.07) is 5.65. The Morgan fingerprint density at radius 2 is 1.80 bits per heavy atom. The number of hydrogen-bond acceptors (Lipinski definition) is 7. The van der Waals surface area contributed by atoms with Crippen LogP contribution >= 0.6 is 0 Å². The van der Waals surface area contributed by atoms with Crippen molar-refractivity contribution in [3.05, 3.63) is 41.7 Å². The maximum atomic E-state index is 13.3. The number of amides is 3. The third kappa shape index (κ3) is 6.60. The summed E-state index contributed by atoms with van der Waals surface area (Å²) < 4.78 is 5.76. The molecule has 3 amide bonds. The Hall–Kier alpha value is -3.53. The van der Waals surface area contributed by atoms with Crippen LogP contribution in [0.5, 0.6) is 0 Å². The molecule has 1 aromatic heterocycles. The van der Waals surface area contributed by atoms with Crippen molar-refractivity contribution in [2.75, 3.05) is 6.54 Å². The molecule has 1 aromatic carbocycles. The first-order valence-electron chi connectivity index (χ1n) is 14.1. The van der Waals surface area contributed by atoms with Crippen LogP contribution in [0.15, 0.2) is 30.5 Å². The van der Waals surface area contributed by atoms with Crippen molar-refractivity contribution in [2.45, 2.75) is 91.5 Å². The van der Waals surface area contributed by atoms with E-state index in [-0.39, 0.29) is 17.7 Å². The van der Waals surface area contributed by atoms with Crippen molar-refractivity contribution in [3.8, 4) is 0 Å². The van der Waals surface area contributed by atoms with Crippen LogP contribution in [0.2, 0.25) is 0 Å². The molecule has 10 nitrogen and oxygen atoms in total. The second-order valence-electron chi connectivity index (χ2n) is 12.0. The molecule has 1 saturated heterocycles. The van der Waals surface area contributed by atoms with Crippen LogP contribution in [0.4, 0.5) is 0 Å². The fourth-order valence-corrected chi connectivity index (χ4v) is 5.06. The van der Waals surface area contributed by atoms with E-state index in [1.807, 2.05) is 45.9 Å². The molecule has 3 N–H and O–H groups in total. The summed E-state index contributed by atoms with van der Waals surface area (Å²) in [5.41, 5.74) is 3.94. The highest BCUT2D eigenvalue weighted by molar-refractivity contribution is 5.93. The fourth-order valence-electron chi connectivity index (χ4n) is 5.06. The molecule has 2 aliphatic heterocycles. The summed E-state index contributed by atoms with van der Waals surface area (Å²) in [6.45, 7) is 11.2. The average Bonchev–Trinajstić information content (AvgIpc) is 2.92. The van der Waals surface area contributed by atoms with Gasteiger partial charge in [0.05, 0.1) is 5.69 Å². The zero-order chi connectivity index (χ0) is 29.2. The van der Waals surface area contributed by atoms with Crippen LogP contribution in [-0.4, -0.2) is 58.4 Å². The van der Waals surface area contributed by atoms with Gasteiger partial charge in [0.2, 0.25) is 11.8 Å². The number of cyclic esters (lactones) is 1. The third-order valence-electron chi connectivity index (χ3n) is 7.87. The minimum atomic E-state index is -0.865. The summed E-state index contributed by atoms with van der Waals surface area (Å²) in [4.78, 5) is 57.3. The Morgan fingerprint density at radius 1 is 1.05 bits per heavy atom. The molecule has 5 bridgehead atoms. The van der Waals surface area contributed by atoms with Crippen LogP contribution in [0.1, 0.15) is 78.2 Å². The Kier molecular flexibility index (Phi) is 8.77. The van der Waals surface area contributed by atoms with Gasteiger partial charge in [-0.15, -0.1) is 0 Å². The van der Waals surface area contributed by atoms with E-state index in [2.05, 4.69) is 27.1 Å². The molecule has 3 heterocycles. The number of hydrogen-bond donors (Lipinski definition) is 3. The molecule has 4 atom stereocenters. The summed E-state index contributed by atoms with van der Waals surface area (Å²) in [5.74, 6) is -1.67. The van der Waals surface area contributed by atoms with Gasteiger partial charge < -0.3 is 15.4 Å². The molecule has 0 aliphatic carbocycles. The van der Waals surface area contributed by atoms with E-state index < -0.39 is 41.5 Å². The molecule has 4 rings (SSSR count). The lowest BCUT2D eigenvalue weighted by atomic mass is 9.84. The predicted octanol–water partition coefficient (Wildman–Crippen LogP) is 2.95. The van der Waals surface area contributed by atoms with Crippen molar-refractivity contribution >= 4 is 34.5 Å². The lowest BCUT2D eigenvalue weighted by Gasteiger charge is -2.35. The second kappa shape index (κ2) is 11.9. The summed E-state index contributed by atoms with van der Waals surface area (Å²) >= 11 is 0. The highest BCUT2D eigenvalue weighted by atomic mass is 16.5. The van der Waals surface area contributed by atoms with Gasteiger partial charge >= 0.3 is 5.97 Å². The van der Waals surface area contributed by atoms with Gasteiger partial charge in [-0.3, -0.25) is 29.2 Å². The van der Waals surface area contributed by atoms with Gasteiger partial charge in [0.25, 0.3) is 5.91 Å². The molecule has 1 fully saturated rings. The van der Waals surface area contributed by atoms with E-state index in [0.29, 0.717) is 37.9 Å². The highest BCUT2D eigenvalue weighted by Gasteiger charge is 2.36. The SMILES string of the molecule is CC(C)C1NC(=O)C(C)(C)CCc2ccc3cnc(cc3c2)[C@@H](C)OC(=O)[C@@H]2CCCN(N2)C(=O)[C@H](C)NC1=O. The number of carbonyl (C=O) groups excluding carboxylic acids is 4. The normalized spacial score (nSPS) is 26.8. The summed E-state index contributed by atoms with van der Waals surface area (Å²) in [6.07, 6.45) is 3.52. The zero-order valence-corrected chi connectivity index (χ0v) is 24.2. The van der Waals surface area contributed by atoms with E-state index in [1.165, 1.54) is 5.01 Å². The van der Waals surface area contributed by atoms with Crippen molar-refractivity contribution < 1.29 is 23.9 Å². The number of benzene rings is 1. The van der Waals surface area contributed by atoms with Crippen molar-refractivity contribution in [1.29, 1.82) is 0 Å². The molecule has 0 spiro atoms. The second-order valence-corrected chi connectivity index (χ2v) is 12.0. The number of nitrogens with one attached hydrogen (secondary N) is 3. The maximum Gasteiger partial charge on any atom is 0.325 e. The van der Waals surface area contributed by atoms with Gasteiger partial charge in [0.1, 0.15) is 24.2 Å². The number of hydrazine groups is 1. The number of aryl methyl sites for hydroxylation is 1. The number of ether oxygens (including phenoxy) is 1. The summed E-state index contributed by atoms with van der Waals surface area (Å²) in [7, 11) is 0. The largest absolute Gasteiger partial charge is 0.455 e. The Labute approximate surface area is 235 Å². The molecule has 1 unspecified atom stereocenters. The number of nitrogens with zero attached hydrogens (tertiary/aromatic N) is 2. The van der Waals surface area contributed by atoms with E-state index in [4.69, 9.17) is 4.74 Å². The smallest absolute Gasteiger partial charge is 0.325 e. The molecule has 10 heteroatoms. The quantitative estimate of drug-likeness (QED) is 0.465. The molecular formula is C30H41N5O5. The van der Waals surface area contributed by atoms with Gasteiger partial charge in [-0.1, -0.05) is 45.9 Å². The minimum Gasteiger partial charge on any atom is -0.455 e. The van der Waals surface area contributed by atoms with Gasteiger partial charge in [0, 0.05) is 23.5 Å². The average molecular weight is 552 g/mol. The van der Waals surface area contributed by atoms with Gasteiger partial charge in [-0.25, -0.2) is 5.43 Å². The standard InChI is InChI=1S/C30H41N5O5/c1-17(2)25-26(36)32-18(3)27(37)35-13-7-8-23(34-35)28(38)40-19(4)24-15-22-14-20(9-10-21(22)16-31-24)11-12-30(5,6)29(39)33-25/h9-10,14-19,23,25,34H,7-8,11-13H2,1-6H3,(H,32,36)(H,33,39)/t18-,19+,23-,25?/m0/s1. The molecule has 0 radical (unpaired) electrons.